The van der Waals surface area contributed by atoms with Crippen molar-refractivity contribution in [3.8, 4) is 11.8 Å². The van der Waals surface area contributed by atoms with Gasteiger partial charge in [0, 0.05) is 12.8 Å². The average Bonchev–Trinajstić information content (AvgIpc) is 2.03. The minimum absolute atomic E-state index is 1.09. The SMILES string of the molecule is CCCCC#CCCCSC. The van der Waals surface area contributed by atoms with Crippen molar-refractivity contribution in [2.45, 2.75) is 39.0 Å². The van der Waals surface area contributed by atoms with E-state index in [2.05, 4.69) is 25.0 Å². The fourth-order valence-electron chi connectivity index (χ4n) is 0.747. The Morgan fingerprint density at radius 3 is 2.27 bits per heavy atom. The Morgan fingerprint density at radius 2 is 1.73 bits per heavy atom. The lowest BCUT2D eigenvalue weighted by Crippen LogP contribution is -1.75. The highest BCUT2D eigenvalue weighted by Crippen LogP contribution is 1.98. The van der Waals surface area contributed by atoms with E-state index in [4.69, 9.17) is 0 Å². The third-order valence-corrected chi connectivity index (χ3v) is 2.13. The molecule has 0 aliphatic heterocycles. The van der Waals surface area contributed by atoms with Crippen molar-refractivity contribution >= 4 is 11.8 Å². The van der Waals surface area contributed by atoms with Crippen LogP contribution in [0.1, 0.15) is 39.0 Å². The van der Waals surface area contributed by atoms with E-state index < -0.39 is 0 Å². The van der Waals surface area contributed by atoms with Gasteiger partial charge in [0.25, 0.3) is 0 Å². The van der Waals surface area contributed by atoms with Crippen LogP contribution in [0.3, 0.4) is 0 Å². The van der Waals surface area contributed by atoms with E-state index >= 15 is 0 Å². The molecule has 0 saturated heterocycles. The maximum atomic E-state index is 3.19. The molecule has 0 aromatic carbocycles. The van der Waals surface area contributed by atoms with Gasteiger partial charge in [-0.15, -0.1) is 11.8 Å². The lowest BCUT2D eigenvalue weighted by Gasteiger charge is -1.88. The summed E-state index contributed by atoms with van der Waals surface area (Å²) in [6.45, 7) is 2.20. The highest BCUT2D eigenvalue weighted by Gasteiger charge is 1.80. The summed E-state index contributed by atoms with van der Waals surface area (Å²) in [4.78, 5) is 0. The van der Waals surface area contributed by atoms with Crippen molar-refractivity contribution in [1.29, 1.82) is 0 Å². The van der Waals surface area contributed by atoms with Gasteiger partial charge in [-0.2, -0.15) is 11.8 Å². The molecule has 0 saturated carbocycles. The van der Waals surface area contributed by atoms with Crippen molar-refractivity contribution in [2.24, 2.45) is 0 Å². The molecule has 0 heterocycles. The first-order chi connectivity index (χ1) is 5.41. The molecule has 0 spiro atoms. The molecule has 0 nitrogen and oxygen atoms in total. The molecule has 0 rings (SSSR count). The topological polar surface area (TPSA) is 0 Å². The van der Waals surface area contributed by atoms with Crippen LogP contribution in [0.2, 0.25) is 0 Å². The maximum Gasteiger partial charge on any atom is 0.00965 e. The van der Waals surface area contributed by atoms with Gasteiger partial charge in [-0.1, -0.05) is 13.3 Å². The molecule has 0 fully saturated rings. The summed E-state index contributed by atoms with van der Waals surface area (Å²) in [7, 11) is 0. The molecule has 64 valence electrons. The molecular weight excluding hydrogens is 152 g/mol. The predicted octanol–water partition coefficient (Wildman–Crippen LogP) is 3.32. The number of unbranched alkanes of at least 4 members (excludes halogenated alkanes) is 3. The van der Waals surface area contributed by atoms with Gasteiger partial charge in [-0.25, -0.2) is 0 Å². The molecular formula is C10H18S. The Morgan fingerprint density at radius 1 is 1.09 bits per heavy atom. The van der Waals surface area contributed by atoms with E-state index in [0.717, 1.165) is 12.8 Å². The van der Waals surface area contributed by atoms with Gasteiger partial charge in [0.2, 0.25) is 0 Å². The first kappa shape index (κ1) is 10.9. The molecule has 11 heavy (non-hydrogen) atoms. The molecule has 1 heteroatoms. The number of thioether (sulfide) groups is 1. The number of hydrogen-bond donors (Lipinski definition) is 0. The van der Waals surface area contributed by atoms with Crippen molar-refractivity contribution in [1.82, 2.24) is 0 Å². The summed E-state index contributed by atoms with van der Waals surface area (Å²) in [6.07, 6.45) is 8.10. The Bertz CT molecular complexity index is 119. The van der Waals surface area contributed by atoms with Crippen LogP contribution in [0.15, 0.2) is 0 Å². The quantitative estimate of drug-likeness (QED) is 0.450. The van der Waals surface area contributed by atoms with Crippen LogP contribution in [0.5, 0.6) is 0 Å². The third-order valence-electron chi connectivity index (χ3n) is 1.43. The van der Waals surface area contributed by atoms with Gasteiger partial charge in [0.1, 0.15) is 0 Å². The standard InChI is InChI=1S/C10H18S/c1-3-4-5-6-7-8-9-10-11-2/h3-5,8-10H2,1-2H3. The number of hydrogen-bond acceptors (Lipinski definition) is 1. The van der Waals surface area contributed by atoms with Crippen LogP contribution in [-0.2, 0) is 0 Å². The van der Waals surface area contributed by atoms with Crippen LogP contribution in [-0.4, -0.2) is 12.0 Å². The molecule has 0 radical (unpaired) electrons. The summed E-state index contributed by atoms with van der Waals surface area (Å²) < 4.78 is 0. The maximum absolute atomic E-state index is 3.19. The highest BCUT2D eigenvalue weighted by molar-refractivity contribution is 7.98. The van der Waals surface area contributed by atoms with Crippen molar-refractivity contribution in [2.75, 3.05) is 12.0 Å². The zero-order chi connectivity index (χ0) is 8.36. The van der Waals surface area contributed by atoms with Crippen LogP contribution in [0.4, 0.5) is 0 Å². The summed E-state index contributed by atoms with van der Waals surface area (Å²) in [5, 5.41) is 0. The molecule has 0 atom stereocenters. The van der Waals surface area contributed by atoms with E-state index in [9.17, 15) is 0 Å². The average molecular weight is 170 g/mol. The van der Waals surface area contributed by atoms with E-state index in [1.54, 1.807) is 0 Å². The second-order valence-electron chi connectivity index (χ2n) is 2.55. The first-order valence-corrected chi connectivity index (χ1v) is 5.75. The summed E-state index contributed by atoms with van der Waals surface area (Å²) in [5.74, 6) is 7.63. The number of rotatable bonds is 5. The van der Waals surface area contributed by atoms with Crippen LogP contribution < -0.4 is 0 Å². The molecule has 0 bridgehead atoms. The van der Waals surface area contributed by atoms with E-state index in [1.165, 1.54) is 25.0 Å². The first-order valence-electron chi connectivity index (χ1n) is 4.36. The van der Waals surface area contributed by atoms with Crippen molar-refractivity contribution in [3.05, 3.63) is 0 Å². The third kappa shape index (κ3) is 9.91. The summed E-state index contributed by atoms with van der Waals surface area (Å²) in [5.41, 5.74) is 0. The van der Waals surface area contributed by atoms with Gasteiger partial charge in [-0.05, 0) is 24.9 Å². The van der Waals surface area contributed by atoms with Crippen molar-refractivity contribution in [3.63, 3.8) is 0 Å². The van der Waals surface area contributed by atoms with Crippen LogP contribution >= 0.6 is 11.8 Å². The smallest absolute Gasteiger partial charge is 0.00965 e. The molecule has 0 amide bonds. The molecule has 0 aliphatic rings. The monoisotopic (exact) mass is 170 g/mol. The second-order valence-corrected chi connectivity index (χ2v) is 3.54. The normalized spacial score (nSPS) is 8.91. The Kier molecular flexibility index (Phi) is 9.83. The minimum Gasteiger partial charge on any atom is -0.165 e. The van der Waals surface area contributed by atoms with Crippen molar-refractivity contribution < 1.29 is 0 Å². The fraction of sp³-hybridized carbons (Fsp3) is 0.800. The lowest BCUT2D eigenvalue weighted by molar-refractivity contribution is 0.826. The van der Waals surface area contributed by atoms with E-state index in [0.29, 0.717) is 0 Å². The Labute approximate surface area is 75.1 Å². The van der Waals surface area contributed by atoms with E-state index in [1.807, 2.05) is 11.8 Å². The van der Waals surface area contributed by atoms with Gasteiger partial charge >= 0.3 is 0 Å². The van der Waals surface area contributed by atoms with Gasteiger partial charge in [0.15, 0.2) is 0 Å². The van der Waals surface area contributed by atoms with Gasteiger partial charge in [0.05, 0.1) is 0 Å². The molecule has 0 unspecified atom stereocenters. The molecule has 0 aromatic rings. The van der Waals surface area contributed by atoms with Crippen LogP contribution in [0, 0.1) is 11.8 Å². The zero-order valence-corrected chi connectivity index (χ0v) is 8.47. The lowest BCUT2D eigenvalue weighted by atomic mass is 10.2. The fourth-order valence-corrected chi connectivity index (χ4v) is 1.18. The van der Waals surface area contributed by atoms with Gasteiger partial charge in [-0.3, -0.25) is 0 Å². The minimum atomic E-state index is 1.09. The molecule has 0 N–H and O–H groups in total. The van der Waals surface area contributed by atoms with E-state index in [-0.39, 0.29) is 0 Å². The Balaban J connectivity index is 2.99. The molecule has 0 aliphatic carbocycles. The predicted molar refractivity (Wildman–Crippen MR) is 54.9 cm³/mol. The summed E-state index contributed by atoms with van der Waals surface area (Å²) in [6, 6.07) is 0. The van der Waals surface area contributed by atoms with Crippen LogP contribution in [0.25, 0.3) is 0 Å². The Hall–Kier alpha value is -0.0900. The second kappa shape index (κ2) is 9.91. The summed E-state index contributed by atoms with van der Waals surface area (Å²) >= 11 is 1.90. The zero-order valence-electron chi connectivity index (χ0n) is 7.65. The highest BCUT2D eigenvalue weighted by atomic mass is 32.2. The van der Waals surface area contributed by atoms with Gasteiger partial charge < -0.3 is 0 Å². The largest absolute Gasteiger partial charge is 0.165 e. The molecule has 0 aromatic heterocycles.